The standard InChI is InChI=1S/C12H22O3/c1-5-11(6-10(4)7-13)8-15-12(14)9(2)3/h10-11,13H,2,5-8H2,1,3-4H3. The maximum Gasteiger partial charge on any atom is 0.333 e. The molecular formula is C12H22O3. The second-order valence-electron chi connectivity index (χ2n) is 4.18. The van der Waals surface area contributed by atoms with E-state index in [2.05, 4.69) is 13.5 Å². The smallest absolute Gasteiger partial charge is 0.333 e. The van der Waals surface area contributed by atoms with Gasteiger partial charge in [0.1, 0.15) is 0 Å². The molecule has 0 saturated carbocycles. The van der Waals surface area contributed by atoms with Crippen molar-refractivity contribution >= 4 is 5.97 Å². The molecule has 0 aliphatic carbocycles. The summed E-state index contributed by atoms with van der Waals surface area (Å²) in [7, 11) is 0. The Labute approximate surface area is 92.1 Å². The van der Waals surface area contributed by atoms with E-state index in [0.717, 1.165) is 12.8 Å². The number of ether oxygens (including phenoxy) is 1. The molecule has 0 aromatic heterocycles. The van der Waals surface area contributed by atoms with Crippen molar-refractivity contribution in [3.05, 3.63) is 12.2 Å². The van der Waals surface area contributed by atoms with Crippen LogP contribution >= 0.6 is 0 Å². The van der Waals surface area contributed by atoms with E-state index >= 15 is 0 Å². The number of esters is 1. The van der Waals surface area contributed by atoms with Gasteiger partial charge in [-0.2, -0.15) is 0 Å². The highest BCUT2D eigenvalue weighted by Gasteiger charge is 2.13. The monoisotopic (exact) mass is 214 g/mol. The van der Waals surface area contributed by atoms with Crippen LogP contribution in [0.25, 0.3) is 0 Å². The lowest BCUT2D eigenvalue weighted by Crippen LogP contribution is -2.17. The summed E-state index contributed by atoms with van der Waals surface area (Å²) >= 11 is 0. The first-order valence-corrected chi connectivity index (χ1v) is 5.44. The van der Waals surface area contributed by atoms with Gasteiger partial charge in [0.15, 0.2) is 0 Å². The first kappa shape index (κ1) is 14.2. The Bertz CT molecular complexity index is 211. The molecule has 0 rings (SSSR count). The summed E-state index contributed by atoms with van der Waals surface area (Å²) < 4.78 is 5.08. The first-order valence-electron chi connectivity index (χ1n) is 5.44. The molecular weight excluding hydrogens is 192 g/mol. The molecule has 0 aliphatic heterocycles. The first-order chi connectivity index (χ1) is 7.01. The van der Waals surface area contributed by atoms with Crippen LogP contribution in [0.2, 0.25) is 0 Å². The number of carbonyl (C=O) groups is 1. The topological polar surface area (TPSA) is 46.5 Å². The highest BCUT2D eigenvalue weighted by atomic mass is 16.5. The van der Waals surface area contributed by atoms with Gasteiger partial charge in [0.2, 0.25) is 0 Å². The molecule has 0 spiro atoms. The minimum absolute atomic E-state index is 0.185. The summed E-state index contributed by atoms with van der Waals surface area (Å²) in [6.07, 6.45) is 1.84. The van der Waals surface area contributed by atoms with Crippen molar-refractivity contribution in [1.29, 1.82) is 0 Å². The molecule has 0 aromatic carbocycles. The number of carbonyl (C=O) groups excluding carboxylic acids is 1. The molecule has 3 heteroatoms. The molecule has 1 N–H and O–H groups in total. The van der Waals surface area contributed by atoms with Gasteiger partial charge in [-0.15, -0.1) is 0 Å². The van der Waals surface area contributed by atoms with Gasteiger partial charge in [0, 0.05) is 12.2 Å². The Kier molecular flexibility index (Phi) is 7.05. The lowest BCUT2D eigenvalue weighted by molar-refractivity contribution is -0.140. The maximum absolute atomic E-state index is 11.1. The van der Waals surface area contributed by atoms with Gasteiger partial charge in [-0.05, 0) is 25.2 Å². The fourth-order valence-electron chi connectivity index (χ4n) is 1.31. The van der Waals surface area contributed by atoms with Gasteiger partial charge in [-0.1, -0.05) is 26.8 Å². The quantitative estimate of drug-likeness (QED) is 0.522. The Balaban J connectivity index is 3.90. The second-order valence-corrected chi connectivity index (χ2v) is 4.18. The molecule has 0 aliphatic rings. The van der Waals surface area contributed by atoms with E-state index in [4.69, 9.17) is 9.84 Å². The van der Waals surface area contributed by atoms with Crippen molar-refractivity contribution in [2.24, 2.45) is 11.8 Å². The molecule has 2 atom stereocenters. The van der Waals surface area contributed by atoms with Crippen LogP contribution in [0.3, 0.4) is 0 Å². The van der Waals surface area contributed by atoms with Gasteiger partial charge < -0.3 is 9.84 Å². The molecule has 0 radical (unpaired) electrons. The fourth-order valence-corrected chi connectivity index (χ4v) is 1.31. The molecule has 0 amide bonds. The summed E-state index contributed by atoms with van der Waals surface area (Å²) in [5.41, 5.74) is 0.431. The van der Waals surface area contributed by atoms with Crippen molar-refractivity contribution < 1.29 is 14.6 Å². The molecule has 2 unspecified atom stereocenters. The Morgan fingerprint density at radius 2 is 2.13 bits per heavy atom. The molecule has 88 valence electrons. The molecule has 0 saturated heterocycles. The zero-order valence-corrected chi connectivity index (χ0v) is 9.95. The van der Waals surface area contributed by atoms with Gasteiger partial charge in [0.25, 0.3) is 0 Å². The summed E-state index contributed by atoms with van der Waals surface area (Å²) in [5.74, 6) is 0.263. The Hall–Kier alpha value is -0.830. The van der Waals surface area contributed by atoms with Crippen molar-refractivity contribution in [1.82, 2.24) is 0 Å². The lowest BCUT2D eigenvalue weighted by atomic mass is 9.95. The predicted octanol–water partition coefficient (Wildman–Crippen LogP) is 2.15. The van der Waals surface area contributed by atoms with Crippen molar-refractivity contribution in [2.75, 3.05) is 13.2 Å². The van der Waals surface area contributed by atoms with E-state index in [9.17, 15) is 4.79 Å². The predicted molar refractivity (Wildman–Crippen MR) is 60.4 cm³/mol. The zero-order valence-electron chi connectivity index (χ0n) is 9.95. The van der Waals surface area contributed by atoms with Crippen molar-refractivity contribution in [3.63, 3.8) is 0 Å². The number of hydrogen-bond donors (Lipinski definition) is 1. The zero-order chi connectivity index (χ0) is 11.8. The Morgan fingerprint density at radius 3 is 2.53 bits per heavy atom. The van der Waals surface area contributed by atoms with Gasteiger partial charge in [0.05, 0.1) is 6.61 Å². The molecule has 15 heavy (non-hydrogen) atoms. The average Bonchev–Trinajstić information content (AvgIpc) is 2.22. The second kappa shape index (κ2) is 7.46. The van der Waals surface area contributed by atoms with Crippen LogP contribution in [0.1, 0.15) is 33.6 Å². The summed E-state index contributed by atoms with van der Waals surface area (Å²) in [4.78, 5) is 11.1. The van der Waals surface area contributed by atoms with Gasteiger partial charge in [-0.3, -0.25) is 0 Å². The van der Waals surface area contributed by atoms with Crippen LogP contribution in [0.5, 0.6) is 0 Å². The Morgan fingerprint density at radius 1 is 1.53 bits per heavy atom. The third-order valence-electron chi connectivity index (χ3n) is 2.42. The van der Waals surface area contributed by atoms with Crippen LogP contribution in [-0.2, 0) is 9.53 Å². The van der Waals surface area contributed by atoms with Gasteiger partial charge >= 0.3 is 5.97 Å². The van der Waals surface area contributed by atoms with Crippen LogP contribution in [-0.4, -0.2) is 24.3 Å². The summed E-state index contributed by atoms with van der Waals surface area (Å²) in [6.45, 7) is 9.82. The lowest BCUT2D eigenvalue weighted by Gasteiger charge is -2.18. The van der Waals surface area contributed by atoms with E-state index < -0.39 is 0 Å². The number of aliphatic hydroxyl groups is 1. The largest absolute Gasteiger partial charge is 0.462 e. The average molecular weight is 214 g/mol. The molecule has 0 bridgehead atoms. The van der Waals surface area contributed by atoms with Crippen LogP contribution in [0.15, 0.2) is 12.2 Å². The van der Waals surface area contributed by atoms with E-state index in [1.165, 1.54) is 0 Å². The van der Waals surface area contributed by atoms with Crippen LogP contribution < -0.4 is 0 Å². The fraction of sp³-hybridized carbons (Fsp3) is 0.750. The SMILES string of the molecule is C=C(C)C(=O)OCC(CC)CC(C)CO. The maximum atomic E-state index is 11.1. The van der Waals surface area contributed by atoms with Gasteiger partial charge in [-0.25, -0.2) is 4.79 Å². The molecule has 3 nitrogen and oxygen atoms in total. The minimum atomic E-state index is -0.329. The van der Waals surface area contributed by atoms with Crippen LogP contribution in [0, 0.1) is 11.8 Å². The third kappa shape index (κ3) is 6.28. The van der Waals surface area contributed by atoms with Crippen molar-refractivity contribution in [2.45, 2.75) is 33.6 Å². The van der Waals surface area contributed by atoms with Crippen molar-refractivity contribution in [3.8, 4) is 0 Å². The third-order valence-corrected chi connectivity index (χ3v) is 2.42. The van der Waals surface area contributed by atoms with E-state index in [1.807, 2.05) is 6.92 Å². The molecule has 0 aromatic rings. The minimum Gasteiger partial charge on any atom is -0.462 e. The van der Waals surface area contributed by atoms with E-state index in [1.54, 1.807) is 6.92 Å². The van der Waals surface area contributed by atoms with E-state index in [-0.39, 0.29) is 18.5 Å². The number of aliphatic hydroxyl groups excluding tert-OH is 1. The highest BCUT2D eigenvalue weighted by molar-refractivity contribution is 5.86. The summed E-state index contributed by atoms with van der Waals surface area (Å²) in [5, 5.41) is 8.92. The molecule has 0 heterocycles. The number of rotatable bonds is 7. The molecule has 0 fully saturated rings. The number of hydrogen-bond acceptors (Lipinski definition) is 3. The normalized spacial score (nSPS) is 14.4. The summed E-state index contributed by atoms with van der Waals surface area (Å²) in [6, 6.07) is 0. The van der Waals surface area contributed by atoms with Crippen LogP contribution in [0.4, 0.5) is 0 Å². The highest BCUT2D eigenvalue weighted by Crippen LogP contribution is 2.16. The van der Waals surface area contributed by atoms with E-state index in [0.29, 0.717) is 18.1 Å².